The fraction of sp³-hybridized carbons (Fsp3) is 0.579. The molecule has 2 amide bonds. The Morgan fingerprint density at radius 2 is 1.73 bits per heavy atom. The Balaban J connectivity index is 1.45. The standard InChI is InChI=1S/C19H23F2N3O2/c20-13-9-14(21)11-16(10-13)24-6-4-17(19(24)26)18(25)23-8-7-22-5-2-1-3-15(22)12-23/h9-11,15,17H,1-8,12H2. The molecule has 0 aliphatic carbocycles. The summed E-state index contributed by atoms with van der Waals surface area (Å²) in [5.74, 6) is -2.69. The maximum absolute atomic E-state index is 13.5. The van der Waals surface area contributed by atoms with Crippen LogP contribution in [0.2, 0.25) is 0 Å². The number of piperidine rings is 1. The van der Waals surface area contributed by atoms with Gasteiger partial charge in [0, 0.05) is 44.0 Å². The van der Waals surface area contributed by atoms with Crippen LogP contribution in [-0.4, -0.2) is 60.4 Å². The summed E-state index contributed by atoms with van der Waals surface area (Å²) in [6.45, 7) is 3.58. The van der Waals surface area contributed by atoms with Crippen LogP contribution in [0.1, 0.15) is 25.7 Å². The van der Waals surface area contributed by atoms with Gasteiger partial charge in [-0.2, -0.15) is 0 Å². The summed E-state index contributed by atoms with van der Waals surface area (Å²) in [5.41, 5.74) is 0.180. The van der Waals surface area contributed by atoms with Gasteiger partial charge < -0.3 is 9.80 Å². The Morgan fingerprint density at radius 3 is 2.50 bits per heavy atom. The zero-order valence-electron chi connectivity index (χ0n) is 14.7. The van der Waals surface area contributed by atoms with Gasteiger partial charge in [0.25, 0.3) is 0 Å². The van der Waals surface area contributed by atoms with Crippen molar-refractivity contribution in [1.29, 1.82) is 0 Å². The second-order valence-electron chi connectivity index (χ2n) is 7.43. The molecule has 3 aliphatic heterocycles. The number of rotatable bonds is 2. The number of hydrogen-bond donors (Lipinski definition) is 0. The van der Waals surface area contributed by atoms with Gasteiger partial charge in [-0.25, -0.2) is 8.78 Å². The number of halogens is 2. The number of amides is 2. The number of carbonyl (C=O) groups is 2. The lowest BCUT2D eigenvalue weighted by atomic mass is 9.98. The molecule has 3 fully saturated rings. The van der Waals surface area contributed by atoms with Crippen molar-refractivity contribution in [2.75, 3.05) is 37.6 Å². The van der Waals surface area contributed by atoms with E-state index in [4.69, 9.17) is 0 Å². The predicted molar refractivity (Wildman–Crippen MR) is 92.6 cm³/mol. The van der Waals surface area contributed by atoms with E-state index < -0.39 is 17.6 Å². The van der Waals surface area contributed by atoms with Crippen LogP contribution < -0.4 is 4.90 Å². The summed E-state index contributed by atoms with van der Waals surface area (Å²) >= 11 is 0. The number of hydrogen-bond acceptors (Lipinski definition) is 3. The monoisotopic (exact) mass is 363 g/mol. The molecule has 1 aromatic carbocycles. The van der Waals surface area contributed by atoms with Gasteiger partial charge in [-0.15, -0.1) is 0 Å². The second-order valence-corrected chi connectivity index (χ2v) is 7.43. The van der Waals surface area contributed by atoms with Crippen molar-refractivity contribution in [2.24, 2.45) is 5.92 Å². The molecule has 0 radical (unpaired) electrons. The highest BCUT2D eigenvalue weighted by molar-refractivity contribution is 6.09. The Morgan fingerprint density at radius 1 is 0.962 bits per heavy atom. The van der Waals surface area contributed by atoms with Crippen molar-refractivity contribution in [3.05, 3.63) is 29.8 Å². The molecule has 0 saturated carbocycles. The van der Waals surface area contributed by atoms with Crippen LogP contribution >= 0.6 is 0 Å². The quantitative estimate of drug-likeness (QED) is 0.755. The summed E-state index contributed by atoms with van der Waals surface area (Å²) in [6, 6.07) is 3.44. The molecule has 0 N–H and O–H groups in total. The van der Waals surface area contributed by atoms with E-state index >= 15 is 0 Å². The maximum atomic E-state index is 13.5. The Hall–Kier alpha value is -2.02. The number of piperazine rings is 1. The molecule has 1 aromatic rings. The van der Waals surface area contributed by atoms with Crippen LogP contribution in [0.4, 0.5) is 14.5 Å². The van der Waals surface area contributed by atoms with Crippen LogP contribution in [0, 0.1) is 17.6 Å². The van der Waals surface area contributed by atoms with E-state index in [1.54, 1.807) is 0 Å². The highest BCUT2D eigenvalue weighted by atomic mass is 19.1. The molecule has 3 heterocycles. The number of fused-ring (bicyclic) bond motifs is 1. The molecule has 5 nitrogen and oxygen atoms in total. The summed E-state index contributed by atoms with van der Waals surface area (Å²) in [7, 11) is 0. The normalized spacial score (nSPS) is 26.9. The van der Waals surface area contributed by atoms with Gasteiger partial charge in [-0.1, -0.05) is 6.42 Å². The molecule has 3 aliphatic rings. The molecule has 3 saturated heterocycles. The topological polar surface area (TPSA) is 43.9 Å². The van der Waals surface area contributed by atoms with Crippen molar-refractivity contribution in [1.82, 2.24) is 9.80 Å². The highest BCUT2D eigenvalue weighted by Gasteiger charge is 2.41. The third kappa shape index (κ3) is 3.20. The van der Waals surface area contributed by atoms with Gasteiger partial charge in [0.05, 0.1) is 0 Å². The third-order valence-corrected chi connectivity index (χ3v) is 5.81. The molecular weight excluding hydrogens is 340 g/mol. The minimum atomic E-state index is -0.739. The van der Waals surface area contributed by atoms with Gasteiger partial charge in [0.2, 0.25) is 11.8 Å². The average molecular weight is 363 g/mol. The summed E-state index contributed by atoms with van der Waals surface area (Å²) in [5, 5.41) is 0. The predicted octanol–water partition coefficient (Wildman–Crippen LogP) is 2.01. The van der Waals surface area contributed by atoms with Crippen LogP contribution in [0.25, 0.3) is 0 Å². The summed E-state index contributed by atoms with van der Waals surface area (Å²) in [4.78, 5) is 31.2. The maximum Gasteiger partial charge on any atom is 0.239 e. The van der Waals surface area contributed by atoms with E-state index in [1.807, 2.05) is 4.90 Å². The smallest absolute Gasteiger partial charge is 0.239 e. The number of nitrogens with zero attached hydrogens (tertiary/aromatic N) is 3. The SMILES string of the molecule is O=C(C1CCN(c2cc(F)cc(F)c2)C1=O)N1CCN2CCCCC2C1. The molecule has 0 bridgehead atoms. The summed E-state index contributed by atoms with van der Waals surface area (Å²) in [6.07, 6.45) is 3.88. The van der Waals surface area contributed by atoms with Gasteiger partial charge >= 0.3 is 0 Å². The minimum absolute atomic E-state index is 0.139. The minimum Gasteiger partial charge on any atom is -0.339 e. The number of carbonyl (C=O) groups excluding carboxylic acids is 2. The summed E-state index contributed by atoms with van der Waals surface area (Å²) < 4.78 is 26.9. The van der Waals surface area contributed by atoms with E-state index in [9.17, 15) is 18.4 Å². The van der Waals surface area contributed by atoms with Crippen molar-refractivity contribution < 1.29 is 18.4 Å². The van der Waals surface area contributed by atoms with Gasteiger partial charge in [-0.05, 0) is 37.9 Å². The molecule has 26 heavy (non-hydrogen) atoms. The fourth-order valence-corrected chi connectivity index (χ4v) is 4.44. The van der Waals surface area contributed by atoms with E-state index in [-0.39, 0.29) is 17.5 Å². The van der Waals surface area contributed by atoms with Crippen LogP contribution in [0.3, 0.4) is 0 Å². The molecule has 7 heteroatoms. The van der Waals surface area contributed by atoms with Gasteiger partial charge in [0.1, 0.15) is 17.6 Å². The zero-order valence-corrected chi connectivity index (χ0v) is 14.7. The van der Waals surface area contributed by atoms with Crippen LogP contribution in [0.15, 0.2) is 18.2 Å². The van der Waals surface area contributed by atoms with E-state index in [1.165, 1.54) is 17.7 Å². The lowest BCUT2D eigenvalue weighted by molar-refractivity contribution is -0.142. The number of anilines is 1. The Labute approximate surface area is 151 Å². The molecule has 140 valence electrons. The highest BCUT2D eigenvalue weighted by Crippen LogP contribution is 2.29. The second kappa shape index (κ2) is 6.95. The molecular formula is C19H23F2N3O2. The van der Waals surface area contributed by atoms with Gasteiger partial charge in [-0.3, -0.25) is 14.5 Å². The first-order valence-corrected chi connectivity index (χ1v) is 9.33. The van der Waals surface area contributed by atoms with Crippen molar-refractivity contribution >= 4 is 17.5 Å². The van der Waals surface area contributed by atoms with Crippen molar-refractivity contribution in [3.63, 3.8) is 0 Å². The van der Waals surface area contributed by atoms with Crippen LogP contribution in [-0.2, 0) is 9.59 Å². The first-order valence-electron chi connectivity index (χ1n) is 9.33. The Bertz CT molecular complexity index is 706. The largest absolute Gasteiger partial charge is 0.339 e. The van der Waals surface area contributed by atoms with Crippen molar-refractivity contribution in [2.45, 2.75) is 31.7 Å². The van der Waals surface area contributed by atoms with E-state index in [0.29, 0.717) is 32.1 Å². The lowest BCUT2D eigenvalue weighted by Crippen LogP contribution is -2.57. The van der Waals surface area contributed by atoms with E-state index in [0.717, 1.165) is 37.7 Å². The van der Waals surface area contributed by atoms with Crippen molar-refractivity contribution in [3.8, 4) is 0 Å². The molecule has 0 aromatic heterocycles. The van der Waals surface area contributed by atoms with E-state index in [2.05, 4.69) is 4.90 Å². The lowest BCUT2D eigenvalue weighted by Gasteiger charge is -2.44. The molecule has 4 rings (SSSR count). The molecule has 2 unspecified atom stereocenters. The fourth-order valence-electron chi connectivity index (χ4n) is 4.44. The van der Waals surface area contributed by atoms with Gasteiger partial charge in [0.15, 0.2) is 0 Å². The first-order chi connectivity index (χ1) is 12.5. The molecule has 0 spiro atoms. The first kappa shape index (κ1) is 17.4. The van der Waals surface area contributed by atoms with Crippen LogP contribution in [0.5, 0.6) is 0 Å². The zero-order chi connectivity index (χ0) is 18.3. The molecule has 2 atom stereocenters. The average Bonchev–Trinajstić information content (AvgIpc) is 3.01. The Kier molecular flexibility index (Phi) is 4.65. The number of benzene rings is 1. The third-order valence-electron chi connectivity index (χ3n) is 5.81.